The number of amides is 1. The van der Waals surface area contributed by atoms with Gasteiger partial charge in [0.25, 0.3) is 5.91 Å². The lowest BCUT2D eigenvalue weighted by molar-refractivity contribution is 0.0333. The molecule has 5 nitrogen and oxygen atoms in total. The van der Waals surface area contributed by atoms with Gasteiger partial charge >= 0.3 is 0 Å². The first-order valence-electron chi connectivity index (χ1n) is 8.99. The van der Waals surface area contributed by atoms with Crippen LogP contribution in [0, 0.1) is 5.92 Å². The van der Waals surface area contributed by atoms with Crippen LogP contribution in [0.1, 0.15) is 34.8 Å². The van der Waals surface area contributed by atoms with E-state index in [1.54, 1.807) is 7.05 Å². The van der Waals surface area contributed by atoms with E-state index in [0.717, 1.165) is 44.3 Å². The molecule has 2 aliphatic heterocycles. The Balaban J connectivity index is 1.68. The first-order chi connectivity index (χ1) is 11.7. The average Bonchev–Trinajstić information content (AvgIpc) is 2.63. The molecule has 1 aromatic carbocycles. The molecule has 5 heteroatoms. The maximum absolute atomic E-state index is 11.9. The van der Waals surface area contributed by atoms with E-state index in [4.69, 9.17) is 4.74 Å². The van der Waals surface area contributed by atoms with E-state index in [-0.39, 0.29) is 5.91 Å². The maximum Gasteiger partial charge on any atom is 0.251 e. The quantitative estimate of drug-likeness (QED) is 0.913. The number of hydrogen-bond donors (Lipinski definition) is 1. The highest BCUT2D eigenvalue weighted by atomic mass is 16.5. The van der Waals surface area contributed by atoms with Crippen molar-refractivity contribution in [1.29, 1.82) is 0 Å². The first kappa shape index (κ1) is 17.4. The summed E-state index contributed by atoms with van der Waals surface area (Å²) in [6.45, 7) is 6.22. The van der Waals surface area contributed by atoms with Crippen LogP contribution in [0.5, 0.6) is 0 Å². The van der Waals surface area contributed by atoms with Gasteiger partial charge in [0.15, 0.2) is 0 Å². The molecule has 1 aromatic rings. The fourth-order valence-corrected chi connectivity index (χ4v) is 3.78. The monoisotopic (exact) mass is 331 g/mol. The topological polar surface area (TPSA) is 44.8 Å². The lowest BCUT2D eigenvalue weighted by atomic mass is 9.96. The standard InChI is InChI=1S/C19H29N3O2/c1-20-19(23)17-5-3-4-16(12-17)18-14-22(9-8-21(18)2)13-15-6-10-24-11-7-15/h3-5,12,15,18H,6-11,13-14H2,1-2H3,(H,20,23)/t18-/m0/s1. The van der Waals surface area contributed by atoms with Gasteiger partial charge in [-0.3, -0.25) is 14.6 Å². The number of piperazine rings is 1. The Hall–Kier alpha value is -1.43. The molecule has 1 N–H and O–H groups in total. The van der Waals surface area contributed by atoms with Gasteiger partial charge in [-0.05, 0) is 43.5 Å². The van der Waals surface area contributed by atoms with Gasteiger partial charge in [0.1, 0.15) is 0 Å². The summed E-state index contributed by atoms with van der Waals surface area (Å²) in [4.78, 5) is 16.9. The molecule has 2 heterocycles. The van der Waals surface area contributed by atoms with Crippen LogP contribution in [0.25, 0.3) is 0 Å². The van der Waals surface area contributed by atoms with Gasteiger partial charge in [-0.15, -0.1) is 0 Å². The SMILES string of the molecule is CNC(=O)c1cccc([C@@H]2CN(CC3CCOCC3)CCN2C)c1. The number of nitrogens with one attached hydrogen (secondary N) is 1. The molecule has 3 rings (SSSR count). The van der Waals surface area contributed by atoms with Crippen molar-refractivity contribution in [2.45, 2.75) is 18.9 Å². The Bertz CT molecular complexity index is 557. The summed E-state index contributed by atoms with van der Waals surface area (Å²) in [5.74, 6) is 0.745. The molecule has 2 saturated heterocycles. The third-order valence-corrected chi connectivity index (χ3v) is 5.35. The van der Waals surface area contributed by atoms with Crippen LogP contribution in [0.4, 0.5) is 0 Å². The predicted molar refractivity (Wildman–Crippen MR) is 95.2 cm³/mol. The summed E-state index contributed by atoms with van der Waals surface area (Å²) in [5, 5.41) is 2.71. The Labute approximate surface area is 145 Å². The molecule has 132 valence electrons. The summed E-state index contributed by atoms with van der Waals surface area (Å²) in [6.07, 6.45) is 2.37. The second-order valence-corrected chi connectivity index (χ2v) is 7.02. The Kier molecular flexibility index (Phi) is 5.87. The number of likely N-dealkylation sites (N-methyl/N-ethyl adjacent to an activating group) is 1. The van der Waals surface area contributed by atoms with Crippen molar-refractivity contribution < 1.29 is 9.53 Å². The molecule has 0 spiro atoms. The van der Waals surface area contributed by atoms with Crippen LogP contribution < -0.4 is 5.32 Å². The van der Waals surface area contributed by atoms with E-state index >= 15 is 0 Å². The third-order valence-electron chi connectivity index (χ3n) is 5.35. The van der Waals surface area contributed by atoms with E-state index in [0.29, 0.717) is 6.04 Å². The first-order valence-corrected chi connectivity index (χ1v) is 8.99. The normalized spacial score (nSPS) is 24.0. The second kappa shape index (κ2) is 8.10. The van der Waals surface area contributed by atoms with Gasteiger partial charge in [-0.25, -0.2) is 0 Å². The largest absolute Gasteiger partial charge is 0.381 e. The molecule has 1 amide bonds. The number of carbonyl (C=O) groups excluding carboxylic acids is 1. The summed E-state index contributed by atoms with van der Waals surface area (Å²) in [5.41, 5.74) is 1.97. The Morgan fingerprint density at radius 2 is 2.08 bits per heavy atom. The molecule has 2 aliphatic rings. The highest BCUT2D eigenvalue weighted by Gasteiger charge is 2.28. The maximum atomic E-state index is 11.9. The van der Waals surface area contributed by atoms with Crippen molar-refractivity contribution in [3.8, 4) is 0 Å². The zero-order valence-corrected chi connectivity index (χ0v) is 14.8. The summed E-state index contributed by atoms with van der Waals surface area (Å²) in [6, 6.07) is 8.41. The number of hydrogen-bond acceptors (Lipinski definition) is 4. The fourth-order valence-electron chi connectivity index (χ4n) is 3.78. The van der Waals surface area contributed by atoms with Crippen molar-refractivity contribution in [2.75, 3.05) is 53.5 Å². The van der Waals surface area contributed by atoms with Crippen LogP contribution in [-0.4, -0.2) is 69.2 Å². The van der Waals surface area contributed by atoms with Crippen LogP contribution in [0.15, 0.2) is 24.3 Å². The van der Waals surface area contributed by atoms with Crippen LogP contribution >= 0.6 is 0 Å². The summed E-state index contributed by atoms with van der Waals surface area (Å²) >= 11 is 0. The fraction of sp³-hybridized carbons (Fsp3) is 0.632. The molecule has 24 heavy (non-hydrogen) atoms. The van der Waals surface area contributed by atoms with Crippen molar-refractivity contribution in [3.63, 3.8) is 0 Å². The van der Waals surface area contributed by atoms with Crippen molar-refractivity contribution in [1.82, 2.24) is 15.1 Å². The van der Waals surface area contributed by atoms with E-state index in [1.807, 2.05) is 18.2 Å². The van der Waals surface area contributed by atoms with Gasteiger partial charge in [0, 0.05) is 58.0 Å². The number of nitrogens with zero attached hydrogens (tertiary/aromatic N) is 2. The molecule has 0 bridgehead atoms. The minimum absolute atomic E-state index is 0.0191. The molecule has 0 radical (unpaired) electrons. The Morgan fingerprint density at radius 3 is 2.83 bits per heavy atom. The van der Waals surface area contributed by atoms with E-state index < -0.39 is 0 Å². The molecular formula is C19H29N3O2. The van der Waals surface area contributed by atoms with Crippen LogP contribution in [-0.2, 0) is 4.74 Å². The van der Waals surface area contributed by atoms with E-state index in [9.17, 15) is 4.79 Å². The number of benzene rings is 1. The van der Waals surface area contributed by atoms with Crippen molar-refractivity contribution in [3.05, 3.63) is 35.4 Å². The molecule has 2 fully saturated rings. The molecule has 1 atom stereocenters. The van der Waals surface area contributed by atoms with Crippen molar-refractivity contribution in [2.24, 2.45) is 5.92 Å². The van der Waals surface area contributed by atoms with Gasteiger partial charge in [-0.1, -0.05) is 12.1 Å². The van der Waals surface area contributed by atoms with Crippen LogP contribution in [0.2, 0.25) is 0 Å². The number of ether oxygens (including phenoxy) is 1. The van der Waals surface area contributed by atoms with Gasteiger partial charge < -0.3 is 10.1 Å². The zero-order chi connectivity index (χ0) is 16.9. The summed E-state index contributed by atoms with van der Waals surface area (Å²) < 4.78 is 5.48. The lowest BCUT2D eigenvalue weighted by Gasteiger charge is -2.41. The van der Waals surface area contributed by atoms with Gasteiger partial charge in [0.05, 0.1) is 0 Å². The highest BCUT2D eigenvalue weighted by Crippen LogP contribution is 2.26. The zero-order valence-electron chi connectivity index (χ0n) is 14.8. The third kappa shape index (κ3) is 4.15. The number of rotatable bonds is 4. The van der Waals surface area contributed by atoms with Crippen LogP contribution in [0.3, 0.4) is 0 Å². The van der Waals surface area contributed by atoms with Crippen molar-refractivity contribution >= 4 is 5.91 Å². The minimum atomic E-state index is -0.0191. The second-order valence-electron chi connectivity index (χ2n) is 7.02. The molecule has 0 saturated carbocycles. The molecule has 0 unspecified atom stereocenters. The van der Waals surface area contributed by atoms with Gasteiger partial charge in [-0.2, -0.15) is 0 Å². The Morgan fingerprint density at radius 1 is 1.29 bits per heavy atom. The smallest absolute Gasteiger partial charge is 0.251 e. The van der Waals surface area contributed by atoms with E-state index in [1.165, 1.54) is 24.9 Å². The van der Waals surface area contributed by atoms with Gasteiger partial charge in [0.2, 0.25) is 0 Å². The highest BCUT2D eigenvalue weighted by molar-refractivity contribution is 5.94. The van der Waals surface area contributed by atoms with E-state index in [2.05, 4.69) is 28.2 Å². The molecule has 0 aliphatic carbocycles. The number of carbonyl (C=O) groups is 1. The molecular weight excluding hydrogens is 302 g/mol. The molecule has 0 aromatic heterocycles. The lowest BCUT2D eigenvalue weighted by Crippen LogP contribution is -2.48. The average molecular weight is 331 g/mol. The summed E-state index contributed by atoms with van der Waals surface area (Å²) in [7, 11) is 3.86. The minimum Gasteiger partial charge on any atom is -0.381 e. The predicted octanol–water partition coefficient (Wildman–Crippen LogP) is 1.76.